The van der Waals surface area contributed by atoms with Crippen LogP contribution in [0, 0.1) is 0 Å². The Bertz CT molecular complexity index is 740. The number of aromatic nitrogens is 1. The number of carbonyl (C=O) groups is 3. The second kappa shape index (κ2) is 6.74. The van der Waals surface area contributed by atoms with Crippen LogP contribution in [0.5, 0.6) is 0 Å². The summed E-state index contributed by atoms with van der Waals surface area (Å²) in [7, 11) is 0. The molecular formula is C18H22N2O5. The maximum absolute atomic E-state index is 12.7. The van der Waals surface area contributed by atoms with Crippen molar-refractivity contribution in [3.63, 3.8) is 0 Å². The molecule has 0 atom stereocenters. The van der Waals surface area contributed by atoms with Gasteiger partial charge in [0.15, 0.2) is 0 Å². The summed E-state index contributed by atoms with van der Waals surface area (Å²) in [5.74, 6) is -2.05. The SMILES string of the molecule is CCOC(=O)CNC(=O)C1=C(O)C2(CCCCC2)n2cccc2C1=O. The van der Waals surface area contributed by atoms with E-state index in [9.17, 15) is 19.5 Å². The normalized spacial score (nSPS) is 18.8. The number of ether oxygens (including phenoxy) is 1. The predicted octanol–water partition coefficient (Wildman–Crippen LogP) is 1.84. The van der Waals surface area contributed by atoms with Gasteiger partial charge in [0.25, 0.3) is 5.91 Å². The van der Waals surface area contributed by atoms with E-state index in [0.29, 0.717) is 18.5 Å². The molecule has 1 amide bonds. The van der Waals surface area contributed by atoms with Crippen LogP contribution in [0.1, 0.15) is 49.5 Å². The Morgan fingerprint density at radius 3 is 2.72 bits per heavy atom. The lowest BCUT2D eigenvalue weighted by Gasteiger charge is -2.42. The molecule has 1 aliphatic carbocycles. The second-order valence-corrected chi connectivity index (χ2v) is 6.40. The van der Waals surface area contributed by atoms with E-state index >= 15 is 0 Å². The average Bonchev–Trinajstić information content (AvgIpc) is 3.10. The molecule has 2 N–H and O–H groups in total. The number of esters is 1. The zero-order valence-electron chi connectivity index (χ0n) is 14.2. The number of carbonyl (C=O) groups excluding carboxylic acids is 3. The molecule has 0 bridgehead atoms. The van der Waals surface area contributed by atoms with Crippen LogP contribution in [0.2, 0.25) is 0 Å². The fourth-order valence-corrected chi connectivity index (χ4v) is 3.80. The van der Waals surface area contributed by atoms with Crippen LogP contribution in [0.4, 0.5) is 0 Å². The minimum Gasteiger partial charge on any atom is -0.509 e. The molecule has 2 heterocycles. The number of Topliss-reactive ketones (excluding diaryl/α,β-unsaturated/α-hetero) is 1. The van der Waals surface area contributed by atoms with Gasteiger partial charge in [-0.3, -0.25) is 14.4 Å². The second-order valence-electron chi connectivity index (χ2n) is 6.40. The molecule has 134 valence electrons. The lowest BCUT2D eigenvalue weighted by Crippen LogP contribution is -2.46. The fourth-order valence-electron chi connectivity index (χ4n) is 3.80. The van der Waals surface area contributed by atoms with Gasteiger partial charge in [-0.1, -0.05) is 19.3 Å². The van der Waals surface area contributed by atoms with Crippen molar-refractivity contribution in [1.82, 2.24) is 9.88 Å². The molecule has 1 spiro atoms. The molecule has 3 rings (SSSR count). The Balaban J connectivity index is 1.94. The van der Waals surface area contributed by atoms with E-state index in [1.54, 1.807) is 29.8 Å². The minimum atomic E-state index is -0.748. The summed E-state index contributed by atoms with van der Waals surface area (Å²) in [6.07, 6.45) is 6.00. The Hall–Kier alpha value is -2.57. The standard InChI is InChI=1S/C18H22N2O5/c1-2-25-13(21)11-19-17(24)14-15(22)12-7-6-10-20(12)18(16(14)23)8-4-3-5-9-18/h6-7,10,23H,2-5,8-9,11H2,1H3,(H,19,24). The van der Waals surface area contributed by atoms with Gasteiger partial charge in [-0.05, 0) is 31.9 Å². The number of fused-ring (bicyclic) bond motifs is 2. The highest BCUT2D eigenvalue weighted by molar-refractivity contribution is 6.26. The van der Waals surface area contributed by atoms with Crippen molar-refractivity contribution in [3.05, 3.63) is 35.4 Å². The molecule has 1 fully saturated rings. The van der Waals surface area contributed by atoms with Gasteiger partial charge in [-0.15, -0.1) is 0 Å². The minimum absolute atomic E-state index is 0.192. The van der Waals surface area contributed by atoms with Gasteiger partial charge in [-0.25, -0.2) is 0 Å². The van der Waals surface area contributed by atoms with Crippen molar-refractivity contribution in [3.8, 4) is 0 Å². The van der Waals surface area contributed by atoms with Crippen LogP contribution in [0.15, 0.2) is 29.7 Å². The molecule has 0 saturated heterocycles. The largest absolute Gasteiger partial charge is 0.509 e. The topological polar surface area (TPSA) is 97.6 Å². The zero-order chi connectivity index (χ0) is 18.0. The summed E-state index contributed by atoms with van der Waals surface area (Å²) in [6.45, 7) is 1.53. The van der Waals surface area contributed by atoms with Crippen LogP contribution in [-0.2, 0) is 19.9 Å². The molecule has 1 aromatic heterocycles. The maximum atomic E-state index is 12.7. The first-order chi connectivity index (χ1) is 12.0. The van der Waals surface area contributed by atoms with Crippen LogP contribution < -0.4 is 5.32 Å². The third-order valence-electron chi connectivity index (χ3n) is 4.95. The summed E-state index contributed by atoms with van der Waals surface area (Å²) in [5, 5.41) is 13.3. The number of hydrogen-bond acceptors (Lipinski definition) is 5. The van der Waals surface area contributed by atoms with Crippen LogP contribution in [0.25, 0.3) is 0 Å². The molecule has 2 aliphatic rings. The van der Waals surface area contributed by atoms with E-state index < -0.39 is 23.2 Å². The van der Waals surface area contributed by atoms with Gasteiger partial charge in [-0.2, -0.15) is 0 Å². The molecule has 0 unspecified atom stereocenters. The number of hydrogen-bond donors (Lipinski definition) is 2. The molecule has 1 aromatic rings. The molecule has 0 radical (unpaired) electrons. The van der Waals surface area contributed by atoms with Gasteiger partial charge in [0.2, 0.25) is 5.78 Å². The predicted molar refractivity (Wildman–Crippen MR) is 89.1 cm³/mol. The first kappa shape index (κ1) is 17.3. The van der Waals surface area contributed by atoms with Crippen molar-refractivity contribution < 1.29 is 24.2 Å². The lowest BCUT2D eigenvalue weighted by molar-refractivity contribution is -0.143. The summed E-state index contributed by atoms with van der Waals surface area (Å²) in [4.78, 5) is 36.7. The van der Waals surface area contributed by atoms with Crippen molar-refractivity contribution in [1.29, 1.82) is 0 Å². The van der Waals surface area contributed by atoms with Crippen molar-refractivity contribution in [2.75, 3.05) is 13.2 Å². The first-order valence-corrected chi connectivity index (χ1v) is 8.61. The number of aliphatic hydroxyl groups excluding tert-OH is 1. The number of aliphatic hydroxyl groups is 1. The Morgan fingerprint density at radius 2 is 2.04 bits per heavy atom. The van der Waals surface area contributed by atoms with E-state index in [2.05, 4.69) is 5.32 Å². The number of nitrogens with zero attached hydrogens (tertiary/aromatic N) is 1. The third-order valence-corrected chi connectivity index (χ3v) is 4.95. The number of amides is 1. The fraction of sp³-hybridized carbons (Fsp3) is 0.500. The van der Waals surface area contributed by atoms with Crippen molar-refractivity contribution >= 4 is 17.7 Å². The summed E-state index contributed by atoms with van der Waals surface area (Å²) in [5.41, 5.74) is -0.625. The number of ketones is 1. The molecule has 1 saturated carbocycles. The van der Waals surface area contributed by atoms with E-state index in [-0.39, 0.29) is 24.5 Å². The highest BCUT2D eigenvalue weighted by Gasteiger charge is 2.47. The van der Waals surface area contributed by atoms with Gasteiger partial charge >= 0.3 is 5.97 Å². The Kier molecular flexibility index (Phi) is 4.65. The molecule has 1 aliphatic heterocycles. The van der Waals surface area contributed by atoms with Crippen molar-refractivity contribution in [2.45, 2.75) is 44.6 Å². The highest BCUT2D eigenvalue weighted by atomic mass is 16.5. The Morgan fingerprint density at radius 1 is 1.32 bits per heavy atom. The number of nitrogens with one attached hydrogen (secondary N) is 1. The first-order valence-electron chi connectivity index (χ1n) is 8.61. The molecule has 25 heavy (non-hydrogen) atoms. The van der Waals surface area contributed by atoms with E-state index in [0.717, 1.165) is 19.3 Å². The number of rotatable bonds is 4. The number of allylic oxidation sites excluding steroid dienone is 1. The van der Waals surface area contributed by atoms with E-state index in [1.807, 2.05) is 0 Å². The van der Waals surface area contributed by atoms with Gasteiger partial charge in [0.1, 0.15) is 23.4 Å². The summed E-state index contributed by atoms with van der Waals surface area (Å²) in [6, 6.07) is 3.40. The van der Waals surface area contributed by atoms with Crippen LogP contribution >= 0.6 is 0 Å². The van der Waals surface area contributed by atoms with Gasteiger partial charge in [0.05, 0.1) is 12.3 Å². The monoisotopic (exact) mass is 346 g/mol. The Labute approximate surface area is 145 Å². The van der Waals surface area contributed by atoms with Crippen molar-refractivity contribution in [2.24, 2.45) is 0 Å². The van der Waals surface area contributed by atoms with Gasteiger partial charge in [0, 0.05) is 6.20 Å². The quantitative estimate of drug-likeness (QED) is 0.640. The molecule has 7 heteroatoms. The third kappa shape index (κ3) is 2.83. The average molecular weight is 346 g/mol. The van der Waals surface area contributed by atoms with E-state index in [4.69, 9.17) is 4.74 Å². The summed E-state index contributed by atoms with van der Waals surface area (Å²) < 4.78 is 6.56. The van der Waals surface area contributed by atoms with Crippen LogP contribution in [-0.4, -0.2) is 40.5 Å². The zero-order valence-corrected chi connectivity index (χ0v) is 14.2. The highest BCUT2D eigenvalue weighted by Crippen LogP contribution is 2.45. The van der Waals surface area contributed by atoms with Crippen LogP contribution in [0.3, 0.4) is 0 Å². The van der Waals surface area contributed by atoms with Gasteiger partial charge < -0.3 is 19.7 Å². The smallest absolute Gasteiger partial charge is 0.325 e. The lowest BCUT2D eigenvalue weighted by atomic mass is 9.75. The van der Waals surface area contributed by atoms with E-state index in [1.165, 1.54) is 0 Å². The summed E-state index contributed by atoms with van der Waals surface area (Å²) >= 11 is 0. The molecular weight excluding hydrogens is 324 g/mol. The molecule has 0 aromatic carbocycles. The maximum Gasteiger partial charge on any atom is 0.325 e. The molecule has 7 nitrogen and oxygen atoms in total.